The van der Waals surface area contributed by atoms with Crippen molar-refractivity contribution in [2.24, 2.45) is 11.8 Å². The van der Waals surface area contributed by atoms with Gasteiger partial charge in [0, 0.05) is 44.8 Å². The first-order chi connectivity index (χ1) is 13.5. The molecule has 0 aromatic carbocycles. The van der Waals surface area contributed by atoms with E-state index in [1.54, 1.807) is 0 Å². The zero-order chi connectivity index (χ0) is 20.4. The predicted octanol–water partition coefficient (Wildman–Crippen LogP) is 2.75. The average Bonchev–Trinajstić information content (AvgIpc) is 3.00. The van der Waals surface area contributed by atoms with Gasteiger partial charge in [0.15, 0.2) is 6.29 Å². The van der Waals surface area contributed by atoms with Crippen LogP contribution in [-0.2, 0) is 28.5 Å². The van der Waals surface area contributed by atoms with Crippen LogP contribution in [0.4, 0.5) is 0 Å². The molecule has 1 aliphatic carbocycles. The number of aliphatic hydroxyl groups excluding tert-OH is 1. The second kappa shape index (κ2) is 12.2. The van der Waals surface area contributed by atoms with Crippen LogP contribution in [0.5, 0.6) is 0 Å². The van der Waals surface area contributed by atoms with Crippen LogP contribution in [0.3, 0.4) is 0 Å². The lowest BCUT2D eigenvalue weighted by molar-refractivity contribution is -0.198. The van der Waals surface area contributed by atoms with Crippen molar-refractivity contribution in [1.82, 2.24) is 0 Å². The molecule has 0 aromatic rings. The van der Waals surface area contributed by atoms with Gasteiger partial charge in [-0.3, -0.25) is 9.59 Å². The van der Waals surface area contributed by atoms with E-state index in [4.69, 9.17) is 14.2 Å². The fraction of sp³-hybridized carbons (Fsp3) is 0.810. The van der Waals surface area contributed by atoms with Crippen LogP contribution >= 0.6 is 0 Å². The summed E-state index contributed by atoms with van der Waals surface area (Å²) >= 11 is 0. The van der Waals surface area contributed by atoms with E-state index in [9.17, 15) is 14.7 Å². The average molecular weight is 398 g/mol. The van der Waals surface area contributed by atoms with Gasteiger partial charge in [-0.1, -0.05) is 12.2 Å². The number of esters is 2. The molecule has 2 fully saturated rings. The molecule has 0 amide bonds. The molecule has 0 spiro atoms. The van der Waals surface area contributed by atoms with E-state index in [0.717, 1.165) is 32.1 Å². The zero-order valence-electron chi connectivity index (χ0n) is 17.0. The molecule has 1 aliphatic heterocycles. The lowest BCUT2D eigenvalue weighted by atomic mass is 9.91. The summed E-state index contributed by atoms with van der Waals surface area (Å²) in [6, 6.07) is 0. The summed E-state index contributed by atoms with van der Waals surface area (Å²) in [4.78, 5) is 22.7. The molecule has 0 aromatic heterocycles. The van der Waals surface area contributed by atoms with Crippen molar-refractivity contribution in [1.29, 1.82) is 0 Å². The number of aliphatic hydroxyl groups is 1. The van der Waals surface area contributed by atoms with Gasteiger partial charge < -0.3 is 24.1 Å². The SMILES string of the molecule is COC(=O)CCCC=CC[C@@H]1[C@@H](CO)[C@H](OC2CCCCO2)C[C@@H]1OC(C)=O. The Hall–Kier alpha value is -1.44. The standard InChI is InChI=1S/C21H34O7/c1-15(23)27-18-13-19(28-21-11-7-8-12-26-21)17(14-22)16(18)9-5-3-4-6-10-20(24)25-2/h3,5,16-19,21-22H,4,6-14H2,1-2H3/t16-,17-,18+,19-,21?/m1/s1. The molecule has 160 valence electrons. The van der Waals surface area contributed by atoms with Crippen molar-refractivity contribution in [2.75, 3.05) is 20.3 Å². The third kappa shape index (κ3) is 7.18. The second-order valence-corrected chi connectivity index (χ2v) is 7.54. The fourth-order valence-corrected chi connectivity index (χ4v) is 4.07. The number of unbranched alkanes of at least 4 members (excludes halogenated alkanes) is 1. The highest BCUT2D eigenvalue weighted by Crippen LogP contribution is 2.40. The van der Waals surface area contributed by atoms with E-state index in [2.05, 4.69) is 4.74 Å². The van der Waals surface area contributed by atoms with Crippen molar-refractivity contribution >= 4 is 11.9 Å². The Morgan fingerprint density at radius 2 is 2.00 bits per heavy atom. The maximum absolute atomic E-state index is 11.5. The van der Waals surface area contributed by atoms with E-state index in [0.29, 0.717) is 25.9 Å². The second-order valence-electron chi connectivity index (χ2n) is 7.54. The summed E-state index contributed by atoms with van der Waals surface area (Å²) in [6.07, 6.45) is 9.53. The molecular formula is C21H34O7. The van der Waals surface area contributed by atoms with Gasteiger partial charge in [-0.05, 0) is 38.5 Å². The molecular weight excluding hydrogens is 364 g/mol. The molecule has 1 saturated carbocycles. The van der Waals surface area contributed by atoms with E-state index >= 15 is 0 Å². The Labute approximate surface area is 167 Å². The third-order valence-corrected chi connectivity index (χ3v) is 5.52. The molecule has 2 aliphatic rings. The quantitative estimate of drug-likeness (QED) is 0.344. The van der Waals surface area contributed by atoms with Gasteiger partial charge in [0.2, 0.25) is 0 Å². The lowest BCUT2D eigenvalue weighted by Crippen LogP contribution is -2.33. The molecule has 0 bridgehead atoms. The highest BCUT2D eigenvalue weighted by atomic mass is 16.7. The smallest absolute Gasteiger partial charge is 0.305 e. The number of hydrogen-bond acceptors (Lipinski definition) is 7. The Kier molecular flexibility index (Phi) is 9.95. The first-order valence-corrected chi connectivity index (χ1v) is 10.3. The molecule has 5 atom stereocenters. The zero-order valence-corrected chi connectivity index (χ0v) is 17.0. The minimum Gasteiger partial charge on any atom is -0.469 e. The summed E-state index contributed by atoms with van der Waals surface area (Å²) in [5.74, 6) is -0.623. The van der Waals surface area contributed by atoms with E-state index < -0.39 is 0 Å². The first-order valence-electron chi connectivity index (χ1n) is 10.3. The number of carbonyl (C=O) groups is 2. The number of methoxy groups -OCH3 is 1. The summed E-state index contributed by atoms with van der Waals surface area (Å²) < 4.78 is 22.0. The molecule has 1 heterocycles. The molecule has 1 unspecified atom stereocenters. The maximum atomic E-state index is 11.5. The fourth-order valence-electron chi connectivity index (χ4n) is 4.07. The number of carbonyl (C=O) groups excluding carboxylic acids is 2. The van der Waals surface area contributed by atoms with Gasteiger partial charge in [0.1, 0.15) is 6.10 Å². The molecule has 7 heteroatoms. The normalized spacial score (nSPS) is 30.5. The Bertz CT molecular complexity index is 513. The summed E-state index contributed by atoms with van der Waals surface area (Å²) in [5, 5.41) is 9.98. The molecule has 1 saturated heterocycles. The predicted molar refractivity (Wildman–Crippen MR) is 102 cm³/mol. The Morgan fingerprint density at radius 3 is 2.64 bits per heavy atom. The molecule has 1 N–H and O–H groups in total. The van der Waals surface area contributed by atoms with Crippen LogP contribution < -0.4 is 0 Å². The molecule has 2 rings (SSSR count). The van der Waals surface area contributed by atoms with Crippen molar-refractivity contribution in [3.63, 3.8) is 0 Å². The molecule has 7 nitrogen and oxygen atoms in total. The van der Waals surface area contributed by atoms with Crippen LogP contribution in [0.1, 0.15) is 58.3 Å². The highest BCUT2D eigenvalue weighted by Gasteiger charge is 2.45. The molecule has 28 heavy (non-hydrogen) atoms. The Morgan fingerprint density at radius 1 is 1.18 bits per heavy atom. The third-order valence-electron chi connectivity index (χ3n) is 5.52. The van der Waals surface area contributed by atoms with Gasteiger partial charge >= 0.3 is 11.9 Å². The molecule has 0 radical (unpaired) electrons. The van der Waals surface area contributed by atoms with Gasteiger partial charge in [-0.25, -0.2) is 0 Å². The highest BCUT2D eigenvalue weighted by molar-refractivity contribution is 5.69. The number of hydrogen-bond donors (Lipinski definition) is 1. The number of ether oxygens (including phenoxy) is 4. The summed E-state index contributed by atoms with van der Waals surface area (Å²) in [7, 11) is 1.39. The van der Waals surface area contributed by atoms with Gasteiger partial charge in [-0.2, -0.15) is 0 Å². The largest absolute Gasteiger partial charge is 0.469 e. The van der Waals surface area contributed by atoms with Gasteiger partial charge in [-0.15, -0.1) is 0 Å². The maximum Gasteiger partial charge on any atom is 0.305 e. The van der Waals surface area contributed by atoms with E-state index in [1.165, 1.54) is 14.0 Å². The first kappa shape index (κ1) is 22.8. The van der Waals surface area contributed by atoms with Crippen LogP contribution in [-0.4, -0.2) is 55.9 Å². The minimum atomic E-state index is -0.316. The number of rotatable bonds is 10. The Balaban J connectivity index is 1.91. The van der Waals surface area contributed by atoms with Crippen LogP contribution in [0.2, 0.25) is 0 Å². The van der Waals surface area contributed by atoms with Crippen LogP contribution in [0.25, 0.3) is 0 Å². The van der Waals surface area contributed by atoms with Gasteiger partial charge in [0.25, 0.3) is 0 Å². The summed E-state index contributed by atoms with van der Waals surface area (Å²) in [5.41, 5.74) is 0. The van der Waals surface area contributed by atoms with E-state index in [-0.39, 0.29) is 48.9 Å². The lowest BCUT2D eigenvalue weighted by Gasteiger charge is -2.29. The summed E-state index contributed by atoms with van der Waals surface area (Å²) in [6.45, 7) is 2.09. The van der Waals surface area contributed by atoms with Crippen molar-refractivity contribution < 1.29 is 33.6 Å². The topological polar surface area (TPSA) is 91.3 Å². The van der Waals surface area contributed by atoms with Crippen molar-refractivity contribution in [3.8, 4) is 0 Å². The van der Waals surface area contributed by atoms with Crippen molar-refractivity contribution in [3.05, 3.63) is 12.2 Å². The van der Waals surface area contributed by atoms with Gasteiger partial charge in [0.05, 0.1) is 13.2 Å². The number of allylic oxidation sites excluding steroid dienone is 2. The van der Waals surface area contributed by atoms with Crippen LogP contribution in [0.15, 0.2) is 12.2 Å². The van der Waals surface area contributed by atoms with Crippen LogP contribution in [0, 0.1) is 11.8 Å². The van der Waals surface area contributed by atoms with Crippen molar-refractivity contribution in [2.45, 2.75) is 76.8 Å². The minimum absolute atomic E-state index is 0.000604. The monoisotopic (exact) mass is 398 g/mol. The van der Waals surface area contributed by atoms with E-state index in [1.807, 2.05) is 12.2 Å².